The summed E-state index contributed by atoms with van der Waals surface area (Å²) in [5, 5.41) is -0.221. The monoisotopic (exact) mass is 247 g/mol. The van der Waals surface area contributed by atoms with Gasteiger partial charge in [-0.1, -0.05) is 11.6 Å². The molecule has 0 saturated heterocycles. The first-order valence-electron chi connectivity index (χ1n) is 4.25. The molecule has 0 N–H and O–H groups in total. The van der Waals surface area contributed by atoms with E-state index in [4.69, 9.17) is 16.0 Å². The fourth-order valence-corrected chi connectivity index (χ4v) is 1.42. The molecule has 0 spiro atoms. The molecule has 0 saturated carbocycles. The molecule has 2 rings (SSSR count). The van der Waals surface area contributed by atoms with Crippen LogP contribution in [0.1, 0.15) is 5.56 Å². The van der Waals surface area contributed by atoms with Gasteiger partial charge in [0.05, 0.1) is 11.8 Å². The van der Waals surface area contributed by atoms with Gasteiger partial charge in [-0.25, -0.2) is 4.98 Å². The Morgan fingerprint density at radius 3 is 2.56 bits per heavy atom. The molecule has 0 aromatic carbocycles. The summed E-state index contributed by atoms with van der Waals surface area (Å²) in [6.07, 6.45) is -3.10. The van der Waals surface area contributed by atoms with Gasteiger partial charge in [-0.05, 0) is 24.3 Å². The van der Waals surface area contributed by atoms with Gasteiger partial charge in [0.25, 0.3) is 0 Å². The molecular weight excluding hydrogens is 243 g/mol. The maximum Gasteiger partial charge on any atom is 0.416 e. The first-order chi connectivity index (χ1) is 7.47. The Morgan fingerprint density at radius 2 is 2.00 bits per heavy atom. The number of halogens is 4. The number of furan rings is 1. The first kappa shape index (κ1) is 11.0. The smallest absolute Gasteiger partial charge is 0.416 e. The fraction of sp³-hybridized carbons (Fsp3) is 0.100. The van der Waals surface area contributed by atoms with Crippen molar-refractivity contribution < 1.29 is 17.6 Å². The molecule has 0 radical (unpaired) electrons. The van der Waals surface area contributed by atoms with Gasteiger partial charge in [-0.3, -0.25) is 0 Å². The Labute approximate surface area is 93.7 Å². The third kappa shape index (κ3) is 2.19. The lowest BCUT2D eigenvalue weighted by atomic mass is 10.2. The topological polar surface area (TPSA) is 26.0 Å². The van der Waals surface area contributed by atoms with Crippen molar-refractivity contribution in [2.45, 2.75) is 6.18 Å². The lowest BCUT2D eigenvalue weighted by molar-refractivity contribution is -0.137. The highest BCUT2D eigenvalue weighted by Crippen LogP contribution is 2.33. The molecule has 0 atom stereocenters. The third-order valence-corrected chi connectivity index (χ3v) is 2.09. The first-order valence-corrected chi connectivity index (χ1v) is 4.63. The predicted octanol–water partition coefficient (Wildman–Crippen LogP) is 4.01. The van der Waals surface area contributed by atoms with Crippen LogP contribution in [-0.2, 0) is 6.18 Å². The summed E-state index contributed by atoms with van der Waals surface area (Å²) in [5.74, 6) is 0.244. The minimum Gasteiger partial charge on any atom is -0.463 e. The van der Waals surface area contributed by atoms with Crippen molar-refractivity contribution in [1.29, 1.82) is 0 Å². The molecule has 84 valence electrons. The van der Waals surface area contributed by atoms with Gasteiger partial charge in [-0.2, -0.15) is 13.2 Å². The standard InChI is InChI=1S/C10H5ClF3NO/c11-9-5-6(10(12,13)14)4-7(15-9)8-2-1-3-16-8/h1-5H. The molecule has 0 bridgehead atoms. The largest absolute Gasteiger partial charge is 0.463 e. The van der Waals surface area contributed by atoms with Crippen LogP contribution in [0.4, 0.5) is 13.2 Å². The average Bonchev–Trinajstić information content (AvgIpc) is 2.68. The van der Waals surface area contributed by atoms with E-state index >= 15 is 0 Å². The van der Waals surface area contributed by atoms with Gasteiger partial charge in [0.1, 0.15) is 10.8 Å². The van der Waals surface area contributed by atoms with Crippen LogP contribution in [0.25, 0.3) is 11.5 Å². The maximum atomic E-state index is 12.5. The van der Waals surface area contributed by atoms with Crippen molar-refractivity contribution in [3.8, 4) is 11.5 Å². The van der Waals surface area contributed by atoms with Crippen LogP contribution in [0.3, 0.4) is 0 Å². The molecule has 0 aliphatic rings. The minimum atomic E-state index is -4.45. The second kappa shape index (κ2) is 3.83. The van der Waals surface area contributed by atoms with E-state index in [1.54, 1.807) is 6.07 Å². The van der Waals surface area contributed by atoms with Gasteiger partial charge in [-0.15, -0.1) is 0 Å². The Kier molecular flexibility index (Phi) is 2.63. The number of rotatable bonds is 1. The highest BCUT2D eigenvalue weighted by Gasteiger charge is 2.31. The van der Waals surface area contributed by atoms with E-state index in [1.165, 1.54) is 12.3 Å². The molecule has 2 aromatic heterocycles. The minimum absolute atomic E-state index is 0.0600. The Morgan fingerprint density at radius 1 is 1.25 bits per heavy atom. The van der Waals surface area contributed by atoms with Crippen molar-refractivity contribution in [2.24, 2.45) is 0 Å². The summed E-state index contributed by atoms with van der Waals surface area (Å²) in [4.78, 5) is 3.76. The SMILES string of the molecule is FC(F)(F)c1cc(Cl)nc(-c2ccco2)c1. The summed E-state index contributed by atoms with van der Waals surface area (Å²) < 4.78 is 42.4. The van der Waals surface area contributed by atoms with Crippen molar-refractivity contribution in [3.05, 3.63) is 41.2 Å². The summed E-state index contributed by atoms with van der Waals surface area (Å²) in [7, 11) is 0. The van der Waals surface area contributed by atoms with Crippen LogP contribution in [0.2, 0.25) is 5.15 Å². The van der Waals surface area contributed by atoms with Gasteiger partial charge in [0, 0.05) is 0 Å². The quantitative estimate of drug-likeness (QED) is 0.712. The van der Waals surface area contributed by atoms with E-state index in [2.05, 4.69) is 4.98 Å². The normalized spacial score (nSPS) is 11.8. The number of hydrogen-bond acceptors (Lipinski definition) is 2. The second-order valence-electron chi connectivity index (χ2n) is 3.04. The summed E-state index contributed by atoms with van der Waals surface area (Å²) in [6, 6.07) is 4.74. The lowest BCUT2D eigenvalue weighted by Gasteiger charge is -2.07. The molecule has 2 nitrogen and oxygen atoms in total. The zero-order valence-corrected chi connectivity index (χ0v) is 8.51. The van der Waals surface area contributed by atoms with Crippen LogP contribution >= 0.6 is 11.6 Å². The van der Waals surface area contributed by atoms with Gasteiger partial charge in [0.15, 0.2) is 5.76 Å². The third-order valence-electron chi connectivity index (χ3n) is 1.90. The van der Waals surface area contributed by atoms with Crippen LogP contribution < -0.4 is 0 Å². The van der Waals surface area contributed by atoms with E-state index in [0.29, 0.717) is 0 Å². The number of pyridine rings is 1. The van der Waals surface area contributed by atoms with Crippen molar-refractivity contribution in [1.82, 2.24) is 4.98 Å². The Balaban J connectivity index is 2.53. The van der Waals surface area contributed by atoms with E-state index in [0.717, 1.165) is 12.1 Å². The van der Waals surface area contributed by atoms with Crippen molar-refractivity contribution in [3.63, 3.8) is 0 Å². The van der Waals surface area contributed by atoms with Gasteiger partial charge in [0.2, 0.25) is 0 Å². The maximum absolute atomic E-state index is 12.5. The molecule has 0 fully saturated rings. The Hall–Kier alpha value is -1.49. The van der Waals surface area contributed by atoms with Gasteiger partial charge >= 0.3 is 6.18 Å². The molecule has 0 aliphatic heterocycles. The summed E-state index contributed by atoms with van der Waals surface area (Å²) >= 11 is 5.52. The highest BCUT2D eigenvalue weighted by atomic mass is 35.5. The van der Waals surface area contributed by atoms with E-state index in [-0.39, 0.29) is 16.6 Å². The highest BCUT2D eigenvalue weighted by molar-refractivity contribution is 6.29. The van der Waals surface area contributed by atoms with Gasteiger partial charge < -0.3 is 4.42 Å². The molecule has 2 heterocycles. The zero-order chi connectivity index (χ0) is 11.8. The van der Waals surface area contributed by atoms with Crippen LogP contribution in [0.15, 0.2) is 34.9 Å². The van der Waals surface area contributed by atoms with Crippen molar-refractivity contribution >= 4 is 11.6 Å². The van der Waals surface area contributed by atoms with E-state index in [9.17, 15) is 13.2 Å². The second-order valence-corrected chi connectivity index (χ2v) is 3.43. The van der Waals surface area contributed by atoms with Crippen LogP contribution in [0, 0.1) is 0 Å². The number of hydrogen-bond donors (Lipinski definition) is 0. The molecule has 2 aromatic rings. The molecule has 6 heteroatoms. The average molecular weight is 248 g/mol. The molecule has 0 aliphatic carbocycles. The van der Waals surface area contributed by atoms with Crippen molar-refractivity contribution in [2.75, 3.05) is 0 Å². The molecule has 0 amide bonds. The lowest BCUT2D eigenvalue weighted by Crippen LogP contribution is -2.05. The molecule has 16 heavy (non-hydrogen) atoms. The van der Waals surface area contributed by atoms with E-state index in [1.807, 2.05) is 0 Å². The van der Waals surface area contributed by atoms with Crippen LogP contribution in [-0.4, -0.2) is 4.98 Å². The fourth-order valence-electron chi connectivity index (χ4n) is 1.21. The molecule has 0 unspecified atom stereocenters. The summed E-state index contributed by atoms with van der Waals surface area (Å²) in [6.45, 7) is 0. The zero-order valence-electron chi connectivity index (χ0n) is 7.75. The molecular formula is C10H5ClF3NO. The predicted molar refractivity (Wildman–Crippen MR) is 52.0 cm³/mol. The van der Waals surface area contributed by atoms with Crippen LogP contribution in [0.5, 0.6) is 0 Å². The number of nitrogens with zero attached hydrogens (tertiary/aromatic N) is 1. The summed E-state index contributed by atoms with van der Waals surface area (Å²) in [5.41, 5.74) is -0.788. The Bertz CT molecular complexity index is 493. The number of alkyl halides is 3. The van der Waals surface area contributed by atoms with E-state index < -0.39 is 11.7 Å². The number of aromatic nitrogens is 1.